The summed E-state index contributed by atoms with van der Waals surface area (Å²) in [6.07, 6.45) is 9.63. The summed E-state index contributed by atoms with van der Waals surface area (Å²) >= 11 is 0. The maximum atomic E-state index is 5.33. The van der Waals surface area contributed by atoms with Crippen molar-refractivity contribution in [3.05, 3.63) is 125 Å². The summed E-state index contributed by atoms with van der Waals surface area (Å²) in [4.78, 5) is 17.7. The molecule has 3 aliphatic heterocycles. The van der Waals surface area contributed by atoms with Gasteiger partial charge in [0, 0.05) is 60.4 Å². The Morgan fingerprint density at radius 3 is 2.25 bits per heavy atom. The summed E-state index contributed by atoms with van der Waals surface area (Å²) in [6, 6.07) is 27.0. The summed E-state index contributed by atoms with van der Waals surface area (Å²) in [5.41, 5.74) is 12.8. The van der Waals surface area contributed by atoms with Crippen molar-refractivity contribution in [3.63, 3.8) is 0 Å². The van der Waals surface area contributed by atoms with E-state index < -0.39 is 0 Å². The molecule has 4 heterocycles. The van der Waals surface area contributed by atoms with E-state index in [9.17, 15) is 0 Å². The molecule has 0 fully saturated rings. The van der Waals surface area contributed by atoms with Crippen LogP contribution in [0.3, 0.4) is 0 Å². The second-order valence-corrected chi connectivity index (χ2v) is 13.4. The van der Waals surface area contributed by atoms with Gasteiger partial charge in [-0.1, -0.05) is 87.5 Å². The predicted octanol–water partition coefficient (Wildman–Crippen LogP) is 7.86. The van der Waals surface area contributed by atoms with Gasteiger partial charge in [0.15, 0.2) is 5.82 Å². The fraction of sp³-hybridized carbons (Fsp3) is 0.333. The molecule has 5 heteroatoms. The van der Waals surface area contributed by atoms with Gasteiger partial charge in [-0.3, -0.25) is 0 Å². The number of allylic oxidation sites excluding steroid dienone is 1. The van der Waals surface area contributed by atoms with E-state index in [0.717, 1.165) is 42.0 Å². The van der Waals surface area contributed by atoms with E-state index >= 15 is 0 Å². The van der Waals surface area contributed by atoms with Gasteiger partial charge in [0.05, 0.1) is 29.3 Å². The molecule has 0 amide bonds. The number of hydrogen-bond donors (Lipinski definition) is 0. The van der Waals surface area contributed by atoms with Crippen LogP contribution in [0.25, 0.3) is 17.0 Å². The first-order valence-corrected chi connectivity index (χ1v) is 16.1. The van der Waals surface area contributed by atoms with E-state index in [2.05, 4.69) is 148 Å². The second kappa shape index (κ2) is 9.56. The van der Waals surface area contributed by atoms with Gasteiger partial charge < -0.3 is 14.7 Å². The molecule has 3 unspecified atom stereocenters. The molecule has 1 aliphatic carbocycles. The van der Waals surface area contributed by atoms with Gasteiger partial charge >= 0.3 is 0 Å². The number of nitrogens with zero attached hydrogens (tertiary/aromatic N) is 5. The van der Waals surface area contributed by atoms with E-state index in [0.29, 0.717) is 0 Å². The van der Waals surface area contributed by atoms with Crippen molar-refractivity contribution in [3.8, 4) is 11.4 Å². The fourth-order valence-electron chi connectivity index (χ4n) is 9.24. The normalized spacial score (nSPS) is 24.2. The highest BCUT2D eigenvalue weighted by Crippen LogP contribution is 2.61. The number of anilines is 2. The van der Waals surface area contributed by atoms with Crippen LogP contribution in [-0.2, 0) is 17.3 Å². The Morgan fingerprint density at radius 1 is 0.818 bits per heavy atom. The maximum absolute atomic E-state index is 5.33. The van der Waals surface area contributed by atoms with E-state index in [1.165, 1.54) is 39.1 Å². The lowest BCUT2D eigenvalue weighted by molar-refractivity contribution is 0.320. The van der Waals surface area contributed by atoms with Crippen LogP contribution in [-0.4, -0.2) is 41.2 Å². The number of hydrogen-bond acceptors (Lipinski definition) is 5. The minimum absolute atomic E-state index is 0.104. The lowest BCUT2D eigenvalue weighted by Gasteiger charge is -2.53. The summed E-state index contributed by atoms with van der Waals surface area (Å²) < 4.78 is 0. The molecule has 0 radical (unpaired) electrons. The third-order valence-corrected chi connectivity index (χ3v) is 11.3. The van der Waals surface area contributed by atoms with Crippen molar-refractivity contribution in [1.29, 1.82) is 0 Å². The largest absolute Gasteiger partial charge is 0.364 e. The number of aryl methyl sites for hydroxylation is 1. The van der Waals surface area contributed by atoms with Crippen LogP contribution in [0.1, 0.15) is 61.6 Å². The molecule has 3 atom stereocenters. The molecule has 0 spiro atoms. The van der Waals surface area contributed by atoms with Crippen LogP contribution < -0.4 is 9.80 Å². The zero-order valence-electron chi connectivity index (χ0n) is 26.7. The van der Waals surface area contributed by atoms with Gasteiger partial charge in [-0.25, -0.2) is 9.97 Å². The number of para-hydroxylation sites is 1. The van der Waals surface area contributed by atoms with E-state index in [-0.39, 0.29) is 23.0 Å². The number of aromatic nitrogens is 2. The first kappa shape index (κ1) is 27.2. The van der Waals surface area contributed by atoms with E-state index in [1.807, 2.05) is 0 Å². The Hall–Kier alpha value is -4.38. The van der Waals surface area contributed by atoms with Crippen LogP contribution in [0.5, 0.6) is 0 Å². The van der Waals surface area contributed by atoms with Gasteiger partial charge in [-0.15, -0.1) is 0 Å². The third kappa shape index (κ3) is 3.41. The molecular weight excluding hydrogens is 538 g/mol. The Bertz CT molecular complexity index is 1870. The third-order valence-electron chi connectivity index (χ3n) is 11.3. The number of benzene rings is 3. The highest BCUT2D eigenvalue weighted by molar-refractivity contribution is 5.92. The lowest BCUT2D eigenvalue weighted by atomic mass is 9.64. The molecule has 8 rings (SSSR count). The van der Waals surface area contributed by atoms with Crippen LogP contribution in [0.15, 0.2) is 97.0 Å². The van der Waals surface area contributed by atoms with Crippen molar-refractivity contribution < 1.29 is 0 Å². The van der Waals surface area contributed by atoms with Gasteiger partial charge in [0.2, 0.25) is 0 Å². The average molecular weight is 580 g/mol. The molecule has 222 valence electrons. The summed E-state index contributed by atoms with van der Waals surface area (Å²) in [7, 11) is 4.52. The van der Waals surface area contributed by atoms with Crippen LogP contribution in [0.4, 0.5) is 11.4 Å². The standard InChI is InChI=1S/C39H41N5/c1-7-39(8-2)29-19-13-12-18-28(29)38(4)23-30-32(24-40-36(41-30)26-16-10-9-15-25(26)3)43(6)35(38)33-34(39)27-17-11-14-20-31(27)44-22-21-42(5)37(33)44/h9-22,24,35,37H,7-8,23H2,1-6H3. The van der Waals surface area contributed by atoms with Crippen LogP contribution in [0.2, 0.25) is 0 Å². The molecule has 3 aromatic carbocycles. The monoisotopic (exact) mass is 579 g/mol. The number of rotatable bonds is 3. The lowest BCUT2D eigenvalue weighted by Crippen LogP contribution is -2.58. The Morgan fingerprint density at radius 2 is 1.50 bits per heavy atom. The maximum Gasteiger partial charge on any atom is 0.159 e. The first-order chi connectivity index (χ1) is 21.3. The Balaban J connectivity index is 1.46. The SMILES string of the molecule is CCC1(CC)C2=C(C3N(C)C=CN3c3ccccc32)C2N(C)c3cnc(-c4ccccc4C)nc3CC2(C)c2ccccc21. The minimum atomic E-state index is -0.218. The molecule has 4 aliphatic rings. The zero-order chi connectivity index (χ0) is 30.4. The second-order valence-electron chi connectivity index (χ2n) is 13.4. The molecule has 4 aromatic rings. The van der Waals surface area contributed by atoms with Gasteiger partial charge in [0.25, 0.3) is 0 Å². The Labute approximate surface area is 261 Å². The summed E-state index contributed by atoms with van der Waals surface area (Å²) in [5, 5.41) is 0. The van der Waals surface area contributed by atoms with Gasteiger partial charge in [-0.2, -0.15) is 0 Å². The predicted molar refractivity (Wildman–Crippen MR) is 181 cm³/mol. The minimum Gasteiger partial charge on any atom is -0.364 e. The van der Waals surface area contributed by atoms with E-state index in [1.54, 1.807) is 0 Å². The van der Waals surface area contributed by atoms with Crippen molar-refractivity contribution in [1.82, 2.24) is 14.9 Å². The molecule has 5 nitrogen and oxygen atoms in total. The van der Waals surface area contributed by atoms with Crippen molar-refractivity contribution in [2.75, 3.05) is 23.9 Å². The Kier molecular flexibility index (Phi) is 5.91. The summed E-state index contributed by atoms with van der Waals surface area (Å²) in [5.74, 6) is 0.813. The smallest absolute Gasteiger partial charge is 0.159 e. The molecule has 44 heavy (non-hydrogen) atoms. The topological polar surface area (TPSA) is 35.5 Å². The molecule has 0 saturated carbocycles. The first-order valence-electron chi connectivity index (χ1n) is 16.1. The average Bonchev–Trinajstić information content (AvgIpc) is 3.40. The van der Waals surface area contributed by atoms with Crippen molar-refractivity contribution >= 4 is 16.9 Å². The van der Waals surface area contributed by atoms with Crippen LogP contribution in [0, 0.1) is 6.92 Å². The molecule has 0 bridgehead atoms. The summed E-state index contributed by atoms with van der Waals surface area (Å²) in [6.45, 7) is 9.44. The molecule has 0 N–H and O–H groups in total. The van der Waals surface area contributed by atoms with Crippen molar-refractivity contribution in [2.24, 2.45) is 0 Å². The van der Waals surface area contributed by atoms with Gasteiger partial charge in [0.1, 0.15) is 6.17 Å². The highest BCUT2D eigenvalue weighted by atomic mass is 15.4. The van der Waals surface area contributed by atoms with Crippen molar-refractivity contribution in [2.45, 2.75) is 70.0 Å². The van der Waals surface area contributed by atoms with Gasteiger partial charge in [-0.05, 0) is 48.1 Å². The fourth-order valence-corrected chi connectivity index (χ4v) is 9.24. The molecular formula is C39H41N5. The zero-order valence-corrected chi connectivity index (χ0v) is 26.7. The number of likely N-dealkylation sites (N-methyl/N-ethyl adjacent to an activating group) is 2. The van der Waals surface area contributed by atoms with Crippen LogP contribution >= 0.6 is 0 Å². The number of fused-ring (bicyclic) bond motifs is 10. The highest BCUT2D eigenvalue weighted by Gasteiger charge is 2.57. The van der Waals surface area contributed by atoms with E-state index in [4.69, 9.17) is 9.97 Å². The molecule has 0 saturated heterocycles. The molecule has 1 aromatic heterocycles. The quantitative estimate of drug-likeness (QED) is 0.247.